The standard InChI is InChI=1S/C28H34N4O3S/c1-22(32-18-16-31(2)17-19-32)25-4-3-5-28(21-25)36(34,35)30-26-9-6-24(7-10-26)20-27(33)11-8-23-12-14-29-15-13-23/h3-7,9-10,12-15,21-22,30H,8,11,16-20H2,1-2H3. The number of carbonyl (C=O) groups excluding carboxylic acids is 1. The third-order valence-electron chi connectivity index (χ3n) is 6.79. The van der Waals surface area contributed by atoms with Crippen LogP contribution in [-0.4, -0.2) is 62.2 Å². The van der Waals surface area contributed by atoms with Crippen LogP contribution in [0.2, 0.25) is 0 Å². The Labute approximate surface area is 214 Å². The van der Waals surface area contributed by atoms with Crippen LogP contribution >= 0.6 is 0 Å². The highest BCUT2D eigenvalue weighted by atomic mass is 32.2. The number of carbonyl (C=O) groups is 1. The van der Waals surface area contributed by atoms with Gasteiger partial charge < -0.3 is 4.90 Å². The van der Waals surface area contributed by atoms with Crippen molar-refractivity contribution in [1.82, 2.24) is 14.8 Å². The van der Waals surface area contributed by atoms with Gasteiger partial charge in [0.2, 0.25) is 0 Å². The quantitative estimate of drug-likeness (QED) is 0.449. The fourth-order valence-corrected chi connectivity index (χ4v) is 5.53. The summed E-state index contributed by atoms with van der Waals surface area (Å²) < 4.78 is 28.9. The minimum absolute atomic E-state index is 0.143. The van der Waals surface area contributed by atoms with Crippen LogP contribution in [0.15, 0.2) is 78.0 Å². The molecule has 3 aromatic rings. The number of hydrogen-bond acceptors (Lipinski definition) is 6. The van der Waals surface area contributed by atoms with Gasteiger partial charge in [-0.05, 0) is 73.5 Å². The van der Waals surface area contributed by atoms with Gasteiger partial charge in [0.1, 0.15) is 5.78 Å². The van der Waals surface area contributed by atoms with Gasteiger partial charge in [-0.2, -0.15) is 0 Å². The molecule has 1 saturated heterocycles. The Bertz CT molecular complexity index is 1260. The SMILES string of the molecule is CC(c1cccc(S(=O)(=O)Nc2ccc(CC(=O)CCc3ccncc3)cc2)c1)N1CCN(C)CC1. The summed E-state index contributed by atoms with van der Waals surface area (Å²) in [7, 11) is -1.61. The number of aromatic nitrogens is 1. The van der Waals surface area contributed by atoms with Crippen molar-refractivity contribution in [1.29, 1.82) is 0 Å². The monoisotopic (exact) mass is 506 g/mol. The van der Waals surface area contributed by atoms with Gasteiger partial charge >= 0.3 is 0 Å². The van der Waals surface area contributed by atoms with E-state index in [0.717, 1.165) is 42.9 Å². The molecular formula is C28H34N4O3S. The summed E-state index contributed by atoms with van der Waals surface area (Å²) in [5, 5.41) is 0. The van der Waals surface area contributed by atoms with E-state index in [9.17, 15) is 13.2 Å². The van der Waals surface area contributed by atoms with E-state index in [2.05, 4.69) is 33.5 Å². The Kier molecular flexibility index (Phi) is 8.51. The molecule has 0 radical (unpaired) electrons. The Balaban J connectivity index is 1.35. The summed E-state index contributed by atoms with van der Waals surface area (Å²) in [4.78, 5) is 21.3. The van der Waals surface area contributed by atoms with Crippen molar-refractivity contribution < 1.29 is 13.2 Å². The molecule has 1 unspecified atom stereocenters. The van der Waals surface area contributed by atoms with Gasteiger partial charge in [-0.15, -0.1) is 0 Å². The number of piperazine rings is 1. The number of pyridine rings is 1. The van der Waals surface area contributed by atoms with Crippen LogP contribution in [0.1, 0.15) is 36.1 Å². The van der Waals surface area contributed by atoms with E-state index in [1.807, 2.05) is 18.2 Å². The van der Waals surface area contributed by atoms with Gasteiger partial charge in [-0.1, -0.05) is 24.3 Å². The molecule has 2 heterocycles. The van der Waals surface area contributed by atoms with Crippen molar-refractivity contribution in [2.24, 2.45) is 0 Å². The Morgan fingerprint density at radius 1 is 0.972 bits per heavy atom. The van der Waals surface area contributed by atoms with Crippen LogP contribution < -0.4 is 4.72 Å². The topological polar surface area (TPSA) is 82.6 Å². The zero-order valence-electron chi connectivity index (χ0n) is 20.9. The van der Waals surface area contributed by atoms with Gasteiger partial charge in [-0.3, -0.25) is 19.4 Å². The smallest absolute Gasteiger partial charge is 0.261 e. The van der Waals surface area contributed by atoms with Gasteiger partial charge in [0.05, 0.1) is 4.90 Å². The molecular weight excluding hydrogens is 472 g/mol. The molecule has 2 aromatic carbocycles. The lowest BCUT2D eigenvalue weighted by atomic mass is 10.0. The van der Waals surface area contributed by atoms with E-state index in [1.54, 1.807) is 54.9 Å². The summed E-state index contributed by atoms with van der Waals surface area (Å²) in [6.45, 7) is 6.07. The number of rotatable bonds is 10. The molecule has 1 aliphatic heterocycles. The third kappa shape index (κ3) is 7.00. The fraction of sp³-hybridized carbons (Fsp3) is 0.357. The number of sulfonamides is 1. The van der Waals surface area contributed by atoms with Crippen molar-refractivity contribution in [3.63, 3.8) is 0 Å². The number of Topliss-reactive ketones (excluding diaryl/α,β-unsaturated/α-hetero) is 1. The van der Waals surface area contributed by atoms with Crippen LogP contribution in [0.25, 0.3) is 0 Å². The molecule has 1 atom stereocenters. The second-order valence-electron chi connectivity index (χ2n) is 9.46. The number of anilines is 1. The summed E-state index contributed by atoms with van der Waals surface area (Å²) >= 11 is 0. The first kappa shape index (κ1) is 26.0. The lowest BCUT2D eigenvalue weighted by Crippen LogP contribution is -2.45. The predicted octanol–water partition coefficient (Wildman–Crippen LogP) is 3.94. The number of hydrogen-bond donors (Lipinski definition) is 1. The van der Waals surface area contributed by atoms with Crippen molar-refractivity contribution in [3.8, 4) is 0 Å². The number of ketones is 1. The zero-order chi connectivity index (χ0) is 25.5. The van der Waals surface area contributed by atoms with Gasteiger partial charge in [-0.25, -0.2) is 8.42 Å². The minimum Gasteiger partial charge on any atom is -0.304 e. The van der Waals surface area contributed by atoms with Crippen molar-refractivity contribution in [3.05, 3.63) is 89.7 Å². The zero-order valence-corrected chi connectivity index (χ0v) is 21.7. The highest BCUT2D eigenvalue weighted by molar-refractivity contribution is 7.92. The summed E-state index contributed by atoms with van der Waals surface area (Å²) in [5.74, 6) is 0.145. The fourth-order valence-electron chi connectivity index (χ4n) is 4.42. The number of nitrogens with zero attached hydrogens (tertiary/aromatic N) is 3. The molecule has 7 nitrogen and oxygen atoms in total. The molecule has 1 fully saturated rings. The lowest BCUT2D eigenvalue weighted by Gasteiger charge is -2.36. The minimum atomic E-state index is -3.73. The molecule has 8 heteroatoms. The van der Waals surface area contributed by atoms with E-state index >= 15 is 0 Å². The molecule has 0 bridgehead atoms. The normalized spacial score (nSPS) is 15.9. The molecule has 1 aliphatic rings. The van der Waals surface area contributed by atoms with Crippen LogP contribution in [0.5, 0.6) is 0 Å². The Morgan fingerprint density at radius 2 is 1.67 bits per heavy atom. The van der Waals surface area contributed by atoms with Crippen molar-refractivity contribution in [2.75, 3.05) is 37.9 Å². The highest BCUT2D eigenvalue weighted by Gasteiger charge is 2.22. The Morgan fingerprint density at radius 3 is 2.36 bits per heavy atom. The average molecular weight is 507 g/mol. The third-order valence-corrected chi connectivity index (χ3v) is 8.16. The van der Waals surface area contributed by atoms with Crippen LogP contribution in [0.3, 0.4) is 0 Å². The Hall–Kier alpha value is -3.07. The molecule has 36 heavy (non-hydrogen) atoms. The molecule has 190 valence electrons. The predicted molar refractivity (Wildman–Crippen MR) is 142 cm³/mol. The maximum Gasteiger partial charge on any atom is 0.261 e. The molecule has 0 aliphatic carbocycles. The van der Waals surface area contributed by atoms with E-state index in [1.165, 1.54) is 0 Å². The molecule has 0 amide bonds. The number of benzene rings is 2. The molecule has 4 rings (SSSR count). The van der Waals surface area contributed by atoms with E-state index < -0.39 is 10.0 Å². The first-order valence-electron chi connectivity index (χ1n) is 12.3. The number of aryl methyl sites for hydroxylation is 1. The molecule has 1 aromatic heterocycles. The first-order valence-corrected chi connectivity index (χ1v) is 13.8. The number of nitrogens with one attached hydrogen (secondary N) is 1. The maximum absolute atomic E-state index is 13.1. The lowest BCUT2D eigenvalue weighted by molar-refractivity contribution is -0.118. The van der Waals surface area contributed by atoms with Crippen LogP contribution in [0.4, 0.5) is 5.69 Å². The van der Waals surface area contributed by atoms with Crippen LogP contribution in [0, 0.1) is 0 Å². The van der Waals surface area contributed by atoms with Crippen molar-refractivity contribution >= 4 is 21.5 Å². The summed E-state index contributed by atoms with van der Waals surface area (Å²) in [6, 6.07) is 18.2. The van der Waals surface area contributed by atoms with Crippen LogP contribution in [-0.2, 0) is 27.7 Å². The number of likely N-dealkylation sites (N-methyl/N-ethyl adjacent to an activating group) is 1. The van der Waals surface area contributed by atoms with E-state index in [-0.39, 0.29) is 16.7 Å². The highest BCUT2D eigenvalue weighted by Crippen LogP contribution is 2.25. The van der Waals surface area contributed by atoms with Gasteiger partial charge in [0, 0.05) is 63.1 Å². The largest absolute Gasteiger partial charge is 0.304 e. The average Bonchev–Trinajstić information content (AvgIpc) is 2.89. The molecule has 0 saturated carbocycles. The second kappa shape index (κ2) is 11.8. The maximum atomic E-state index is 13.1. The molecule has 1 N–H and O–H groups in total. The second-order valence-corrected chi connectivity index (χ2v) is 11.1. The first-order chi connectivity index (χ1) is 17.3. The summed E-state index contributed by atoms with van der Waals surface area (Å²) in [5.41, 5.74) is 3.41. The van der Waals surface area contributed by atoms with E-state index in [4.69, 9.17) is 0 Å². The van der Waals surface area contributed by atoms with Gasteiger partial charge in [0.25, 0.3) is 10.0 Å². The van der Waals surface area contributed by atoms with Crippen molar-refractivity contribution in [2.45, 2.75) is 37.1 Å². The van der Waals surface area contributed by atoms with Gasteiger partial charge in [0.15, 0.2) is 0 Å². The molecule has 0 spiro atoms. The summed E-state index contributed by atoms with van der Waals surface area (Å²) in [6.07, 6.45) is 4.92. The van der Waals surface area contributed by atoms with E-state index in [0.29, 0.717) is 24.9 Å².